The summed E-state index contributed by atoms with van der Waals surface area (Å²) in [6.07, 6.45) is 2.00. The lowest BCUT2D eigenvalue weighted by molar-refractivity contribution is -0.115. The van der Waals surface area contributed by atoms with Gasteiger partial charge in [-0.2, -0.15) is 0 Å². The number of amides is 1. The second-order valence-electron chi connectivity index (χ2n) is 4.85. The van der Waals surface area contributed by atoms with Crippen LogP contribution in [0.25, 0.3) is 10.9 Å². The zero-order valence-electron chi connectivity index (χ0n) is 11.4. The number of anilines is 2. The van der Waals surface area contributed by atoms with Gasteiger partial charge in [-0.25, -0.2) is 0 Å². The van der Waals surface area contributed by atoms with E-state index < -0.39 is 0 Å². The number of benzene rings is 2. The van der Waals surface area contributed by atoms with Crippen molar-refractivity contribution in [2.24, 2.45) is 0 Å². The zero-order chi connectivity index (χ0) is 14.7. The third-order valence-electron chi connectivity index (χ3n) is 3.22. The monoisotopic (exact) mass is 277 g/mol. The highest BCUT2D eigenvalue weighted by Gasteiger charge is 2.07. The lowest BCUT2D eigenvalue weighted by Crippen LogP contribution is -2.14. The number of nitrogens with two attached hydrogens (primary N) is 1. The molecule has 1 aromatic heterocycles. The van der Waals surface area contributed by atoms with Gasteiger partial charge in [-0.05, 0) is 29.8 Å². The number of nitrogen functional groups attached to an aromatic ring is 1. The Morgan fingerprint density at radius 3 is 2.76 bits per heavy atom. The first-order valence-corrected chi connectivity index (χ1v) is 6.70. The number of nitrogens with zero attached hydrogens (tertiary/aromatic N) is 1. The van der Waals surface area contributed by atoms with E-state index in [0.717, 1.165) is 22.2 Å². The highest BCUT2D eigenvalue weighted by Crippen LogP contribution is 2.20. The van der Waals surface area contributed by atoms with Crippen molar-refractivity contribution in [3.05, 3.63) is 66.4 Å². The minimum Gasteiger partial charge on any atom is -0.399 e. The van der Waals surface area contributed by atoms with Crippen molar-refractivity contribution in [1.82, 2.24) is 4.98 Å². The minimum absolute atomic E-state index is 0.0845. The largest absolute Gasteiger partial charge is 0.399 e. The Bertz CT molecular complexity index is 793. The molecule has 0 aliphatic heterocycles. The second-order valence-corrected chi connectivity index (χ2v) is 4.85. The lowest BCUT2D eigenvalue weighted by atomic mass is 10.1. The van der Waals surface area contributed by atoms with Crippen molar-refractivity contribution in [1.29, 1.82) is 0 Å². The third kappa shape index (κ3) is 3.00. The number of carbonyl (C=O) groups excluding carboxylic acids is 1. The number of hydrogen-bond acceptors (Lipinski definition) is 3. The maximum Gasteiger partial charge on any atom is 0.228 e. The topological polar surface area (TPSA) is 68.0 Å². The SMILES string of the molecule is Nc1cccc(CC(=O)Nc2cccc3cccnc23)c1. The molecule has 0 unspecified atom stereocenters. The predicted molar refractivity (Wildman–Crippen MR) is 84.9 cm³/mol. The molecule has 0 atom stereocenters. The van der Waals surface area contributed by atoms with Gasteiger partial charge in [-0.15, -0.1) is 0 Å². The molecule has 3 N–H and O–H groups in total. The maximum atomic E-state index is 12.2. The molecule has 0 radical (unpaired) electrons. The van der Waals surface area contributed by atoms with Crippen LogP contribution in [0.5, 0.6) is 0 Å². The average molecular weight is 277 g/mol. The fraction of sp³-hybridized carbons (Fsp3) is 0.0588. The van der Waals surface area contributed by atoms with E-state index >= 15 is 0 Å². The minimum atomic E-state index is -0.0845. The summed E-state index contributed by atoms with van der Waals surface area (Å²) < 4.78 is 0. The zero-order valence-corrected chi connectivity index (χ0v) is 11.4. The third-order valence-corrected chi connectivity index (χ3v) is 3.22. The summed E-state index contributed by atoms with van der Waals surface area (Å²) >= 11 is 0. The second kappa shape index (κ2) is 5.63. The number of pyridine rings is 1. The molecule has 3 aromatic rings. The standard InChI is InChI=1S/C17H15N3O/c18-14-7-1-4-12(10-14)11-16(21)20-15-8-2-5-13-6-3-9-19-17(13)15/h1-10H,11,18H2,(H,20,21). The Morgan fingerprint density at radius 1 is 1.10 bits per heavy atom. The summed E-state index contributed by atoms with van der Waals surface area (Å²) in [6, 6.07) is 16.9. The van der Waals surface area contributed by atoms with E-state index in [4.69, 9.17) is 5.73 Å². The van der Waals surface area contributed by atoms with Gasteiger partial charge in [0.25, 0.3) is 0 Å². The summed E-state index contributed by atoms with van der Waals surface area (Å²) in [4.78, 5) is 16.5. The molecule has 0 spiro atoms. The van der Waals surface area contributed by atoms with Crippen molar-refractivity contribution in [3.63, 3.8) is 0 Å². The van der Waals surface area contributed by atoms with Crippen LogP contribution in [0.3, 0.4) is 0 Å². The van der Waals surface area contributed by atoms with Gasteiger partial charge in [0.15, 0.2) is 0 Å². The van der Waals surface area contributed by atoms with Gasteiger partial charge in [-0.1, -0.05) is 30.3 Å². The molecule has 0 aliphatic rings. The number of aromatic nitrogens is 1. The number of nitrogens with one attached hydrogen (secondary N) is 1. The highest BCUT2D eigenvalue weighted by atomic mass is 16.1. The molecular formula is C17H15N3O. The Morgan fingerprint density at radius 2 is 1.90 bits per heavy atom. The van der Waals surface area contributed by atoms with Crippen LogP contribution in [-0.4, -0.2) is 10.9 Å². The van der Waals surface area contributed by atoms with E-state index in [-0.39, 0.29) is 12.3 Å². The van der Waals surface area contributed by atoms with Gasteiger partial charge < -0.3 is 11.1 Å². The predicted octanol–water partition coefficient (Wildman–Crippen LogP) is 3.00. The van der Waals surface area contributed by atoms with E-state index in [0.29, 0.717) is 5.69 Å². The molecule has 0 aliphatic carbocycles. The van der Waals surface area contributed by atoms with E-state index in [1.165, 1.54) is 0 Å². The fourth-order valence-electron chi connectivity index (χ4n) is 2.29. The quantitative estimate of drug-likeness (QED) is 0.723. The molecule has 4 heteroatoms. The molecule has 21 heavy (non-hydrogen) atoms. The molecule has 3 rings (SSSR count). The van der Waals surface area contributed by atoms with Crippen LogP contribution < -0.4 is 11.1 Å². The first kappa shape index (κ1) is 13.1. The molecule has 1 heterocycles. The van der Waals surface area contributed by atoms with Gasteiger partial charge in [0, 0.05) is 17.3 Å². The number of para-hydroxylation sites is 1. The molecule has 4 nitrogen and oxygen atoms in total. The summed E-state index contributed by atoms with van der Waals surface area (Å²) in [5.74, 6) is -0.0845. The van der Waals surface area contributed by atoms with Gasteiger partial charge in [-0.3, -0.25) is 9.78 Å². The molecule has 104 valence electrons. The van der Waals surface area contributed by atoms with Crippen molar-refractivity contribution in [2.75, 3.05) is 11.1 Å². The maximum absolute atomic E-state index is 12.2. The van der Waals surface area contributed by atoms with Gasteiger partial charge >= 0.3 is 0 Å². The van der Waals surface area contributed by atoms with Crippen molar-refractivity contribution < 1.29 is 4.79 Å². The van der Waals surface area contributed by atoms with Crippen LogP contribution in [0.4, 0.5) is 11.4 Å². The van der Waals surface area contributed by atoms with Crippen molar-refractivity contribution in [2.45, 2.75) is 6.42 Å². The summed E-state index contributed by atoms with van der Waals surface area (Å²) in [6.45, 7) is 0. The normalized spacial score (nSPS) is 10.5. The van der Waals surface area contributed by atoms with Crippen LogP contribution in [0, 0.1) is 0 Å². The molecule has 1 amide bonds. The molecule has 2 aromatic carbocycles. The summed E-state index contributed by atoms with van der Waals surface area (Å²) in [5.41, 5.74) is 8.79. The molecular weight excluding hydrogens is 262 g/mol. The van der Waals surface area contributed by atoms with Crippen molar-refractivity contribution in [3.8, 4) is 0 Å². The van der Waals surface area contributed by atoms with Crippen LogP contribution in [0.15, 0.2) is 60.8 Å². The van der Waals surface area contributed by atoms with Gasteiger partial charge in [0.2, 0.25) is 5.91 Å². The van der Waals surface area contributed by atoms with E-state index in [1.807, 2.05) is 42.5 Å². The van der Waals surface area contributed by atoms with Crippen LogP contribution >= 0.6 is 0 Å². The summed E-state index contributed by atoms with van der Waals surface area (Å²) in [7, 11) is 0. The Hall–Kier alpha value is -2.88. The smallest absolute Gasteiger partial charge is 0.228 e. The molecule has 0 fully saturated rings. The summed E-state index contributed by atoms with van der Waals surface area (Å²) in [5, 5.41) is 3.91. The Balaban J connectivity index is 1.80. The average Bonchev–Trinajstić information content (AvgIpc) is 2.47. The van der Waals surface area contributed by atoms with Crippen LogP contribution in [0.2, 0.25) is 0 Å². The van der Waals surface area contributed by atoms with E-state index in [2.05, 4.69) is 10.3 Å². The molecule has 0 bridgehead atoms. The van der Waals surface area contributed by atoms with Gasteiger partial charge in [0.05, 0.1) is 17.6 Å². The molecule has 0 saturated heterocycles. The number of hydrogen-bond donors (Lipinski definition) is 2. The number of carbonyl (C=O) groups is 1. The molecule has 0 saturated carbocycles. The number of fused-ring (bicyclic) bond motifs is 1. The Kier molecular flexibility index (Phi) is 3.51. The van der Waals surface area contributed by atoms with Crippen LogP contribution in [-0.2, 0) is 11.2 Å². The fourth-order valence-corrected chi connectivity index (χ4v) is 2.29. The first-order chi connectivity index (χ1) is 10.2. The first-order valence-electron chi connectivity index (χ1n) is 6.70. The highest BCUT2D eigenvalue weighted by molar-refractivity contribution is 6.00. The van der Waals surface area contributed by atoms with Crippen molar-refractivity contribution >= 4 is 28.2 Å². The number of rotatable bonds is 3. The van der Waals surface area contributed by atoms with E-state index in [1.54, 1.807) is 18.3 Å². The Labute approximate surface area is 122 Å². The lowest BCUT2D eigenvalue weighted by Gasteiger charge is -2.08. The van der Waals surface area contributed by atoms with E-state index in [9.17, 15) is 4.79 Å². The van der Waals surface area contributed by atoms with Gasteiger partial charge in [0.1, 0.15) is 0 Å². The van der Waals surface area contributed by atoms with Crippen LogP contribution in [0.1, 0.15) is 5.56 Å².